The van der Waals surface area contributed by atoms with Crippen molar-refractivity contribution in [3.8, 4) is 0 Å². The minimum Gasteiger partial charge on any atom is -0.323 e. The second-order valence-electron chi connectivity index (χ2n) is 8.57. The largest absolute Gasteiger partial charge is 0.341 e. The molecule has 2 N–H and O–H groups in total. The number of alkyl halides is 1. The Labute approximate surface area is 204 Å². The molecule has 7 nitrogen and oxygen atoms in total. The number of rotatable bonds is 5. The fraction of sp³-hybridized carbons (Fsp3) is 0.280. The molecule has 9 heteroatoms. The number of benzene rings is 3. The number of amides is 2. The lowest BCUT2D eigenvalue weighted by atomic mass is 10.00. The van der Waals surface area contributed by atoms with Crippen molar-refractivity contribution in [1.82, 2.24) is 14.7 Å². The van der Waals surface area contributed by atoms with Gasteiger partial charge in [-0.15, -0.1) is 16.4 Å². The number of hydrogen-bond donors (Lipinski definition) is 2. The van der Waals surface area contributed by atoms with Crippen molar-refractivity contribution in [2.45, 2.75) is 30.5 Å². The number of piperidine rings is 1. The highest BCUT2D eigenvalue weighted by Gasteiger charge is 2.32. The minimum absolute atomic E-state index is 0.0126. The molecular weight excluding hydrogens is 472 g/mol. The third kappa shape index (κ3) is 5.24. The van der Waals surface area contributed by atoms with Gasteiger partial charge < -0.3 is 4.90 Å². The zero-order chi connectivity index (χ0) is 24.3. The Balaban J connectivity index is 1.68. The van der Waals surface area contributed by atoms with E-state index in [4.69, 9.17) is 17.0 Å². The lowest BCUT2D eigenvalue weighted by Crippen LogP contribution is -2.56. The number of amidine groups is 1. The fourth-order valence-electron chi connectivity index (χ4n) is 3.96. The van der Waals surface area contributed by atoms with Crippen molar-refractivity contribution < 1.29 is 13.2 Å². The van der Waals surface area contributed by atoms with E-state index in [0.29, 0.717) is 24.6 Å². The van der Waals surface area contributed by atoms with Gasteiger partial charge in [-0.1, -0.05) is 55.5 Å². The van der Waals surface area contributed by atoms with Gasteiger partial charge >= 0.3 is 6.03 Å². The molecule has 0 bridgehead atoms. The summed E-state index contributed by atoms with van der Waals surface area (Å²) in [6.07, 6.45) is 1.65. The average molecular weight is 499 g/mol. The van der Waals surface area contributed by atoms with Gasteiger partial charge in [0.25, 0.3) is 10.0 Å². The Morgan fingerprint density at radius 2 is 1.76 bits per heavy atom. The molecule has 0 radical (unpaired) electrons. The first kappa shape index (κ1) is 24.2. The molecule has 0 spiro atoms. The molecule has 1 aliphatic heterocycles. The van der Waals surface area contributed by atoms with Crippen molar-refractivity contribution in [2.24, 2.45) is 5.92 Å². The smallest absolute Gasteiger partial charge is 0.323 e. The molecule has 0 saturated carbocycles. The molecule has 2 amide bonds. The number of halogens is 1. The molecule has 1 heterocycles. The van der Waals surface area contributed by atoms with E-state index in [2.05, 4.69) is 11.8 Å². The molecule has 0 atom stereocenters. The van der Waals surface area contributed by atoms with Crippen LogP contribution >= 0.6 is 11.6 Å². The van der Waals surface area contributed by atoms with Crippen LogP contribution in [0.2, 0.25) is 0 Å². The van der Waals surface area contributed by atoms with Crippen LogP contribution in [0.1, 0.15) is 30.9 Å². The summed E-state index contributed by atoms with van der Waals surface area (Å²) in [6.45, 7) is 3.13. The summed E-state index contributed by atoms with van der Waals surface area (Å²) in [5, 5.41) is 11.2. The molecule has 0 aliphatic carbocycles. The third-order valence-corrected chi connectivity index (χ3v) is 7.67. The second-order valence-corrected chi connectivity index (χ2v) is 10.5. The van der Waals surface area contributed by atoms with Gasteiger partial charge in [-0.3, -0.25) is 5.41 Å². The van der Waals surface area contributed by atoms with Crippen LogP contribution in [0, 0.1) is 11.3 Å². The van der Waals surface area contributed by atoms with Crippen LogP contribution in [-0.2, 0) is 15.9 Å². The number of nitrogens with one attached hydrogen (secondary N) is 2. The van der Waals surface area contributed by atoms with E-state index >= 15 is 0 Å². The van der Waals surface area contributed by atoms with E-state index < -0.39 is 16.1 Å². The number of carbonyl (C=O) groups is 1. The summed E-state index contributed by atoms with van der Waals surface area (Å²) in [7, 11) is -4.15. The summed E-state index contributed by atoms with van der Waals surface area (Å²) in [6, 6.07) is 18.5. The molecule has 0 unspecified atom stereocenters. The second kappa shape index (κ2) is 10.1. The first-order valence-corrected chi connectivity index (χ1v) is 13.1. The molecule has 4 rings (SSSR count). The number of fused-ring (bicyclic) bond motifs is 1. The number of urea groups is 1. The zero-order valence-electron chi connectivity index (χ0n) is 18.9. The molecule has 0 aromatic heterocycles. The number of sulfonamides is 1. The summed E-state index contributed by atoms with van der Waals surface area (Å²) in [5.74, 6) is 0.466. The first-order valence-electron chi connectivity index (χ1n) is 11.1. The Kier molecular flexibility index (Phi) is 7.21. The summed E-state index contributed by atoms with van der Waals surface area (Å²) < 4.78 is 26.7. The molecule has 178 valence electrons. The predicted molar refractivity (Wildman–Crippen MR) is 134 cm³/mol. The van der Waals surface area contributed by atoms with Crippen LogP contribution in [0.4, 0.5) is 4.79 Å². The Bertz CT molecular complexity index is 1320. The maximum absolute atomic E-state index is 13.5. The molecule has 34 heavy (non-hydrogen) atoms. The number of hydrazine groups is 1. The van der Waals surface area contributed by atoms with E-state index in [1.165, 1.54) is 6.07 Å². The summed E-state index contributed by atoms with van der Waals surface area (Å²) >= 11 is 5.94. The van der Waals surface area contributed by atoms with E-state index in [1.807, 2.05) is 24.3 Å². The number of hydrogen-bond acceptors (Lipinski definition) is 4. The van der Waals surface area contributed by atoms with E-state index in [-0.39, 0.29) is 16.6 Å². The lowest BCUT2D eigenvalue weighted by Gasteiger charge is -2.34. The molecule has 1 aliphatic rings. The van der Waals surface area contributed by atoms with Crippen molar-refractivity contribution in [1.29, 1.82) is 5.41 Å². The first-order chi connectivity index (χ1) is 16.3. The van der Waals surface area contributed by atoms with Gasteiger partial charge in [-0.05, 0) is 53.3 Å². The van der Waals surface area contributed by atoms with Crippen LogP contribution in [0.15, 0.2) is 71.6 Å². The number of carbonyl (C=O) groups excluding carboxylic acids is 1. The van der Waals surface area contributed by atoms with E-state index in [1.54, 1.807) is 41.3 Å². The molecule has 3 aromatic rings. The molecule has 1 fully saturated rings. The molecule has 1 saturated heterocycles. The van der Waals surface area contributed by atoms with Gasteiger partial charge in [0.05, 0.1) is 4.90 Å². The Hall–Kier alpha value is -2.94. The van der Waals surface area contributed by atoms with Crippen LogP contribution < -0.4 is 4.83 Å². The number of likely N-dealkylation sites (tertiary alicyclic amines) is 1. The Morgan fingerprint density at radius 3 is 2.47 bits per heavy atom. The Morgan fingerprint density at radius 1 is 1.06 bits per heavy atom. The van der Waals surface area contributed by atoms with Crippen LogP contribution in [0.5, 0.6) is 0 Å². The van der Waals surface area contributed by atoms with E-state index in [9.17, 15) is 13.2 Å². The quantitative estimate of drug-likeness (QED) is 0.225. The standard InChI is InChI=1S/C25H27ClN4O3S/c1-18-11-13-29(14-12-18)25(31)30(24(27)22-8-4-5-19(15-22)17-26)28-34(32,33)23-10-9-20-6-2-3-7-21(20)16-23/h2-10,15-16,18,27-28H,11-14,17H2,1H3. The lowest BCUT2D eigenvalue weighted by molar-refractivity contribution is 0.149. The highest BCUT2D eigenvalue weighted by atomic mass is 35.5. The van der Waals surface area contributed by atoms with Crippen LogP contribution in [0.25, 0.3) is 10.8 Å². The molecular formula is C25H27ClN4O3S. The highest BCUT2D eigenvalue weighted by molar-refractivity contribution is 7.89. The van der Waals surface area contributed by atoms with Crippen LogP contribution in [0.3, 0.4) is 0 Å². The van der Waals surface area contributed by atoms with Gasteiger partial charge in [0.1, 0.15) is 0 Å². The average Bonchev–Trinajstić information content (AvgIpc) is 2.86. The van der Waals surface area contributed by atoms with Crippen molar-refractivity contribution in [2.75, 3.05) is 13.1 Å². The monoisotopic (exact) mass is 498 g/mol. The minimum atomic E-state index is -4.15. The van der Waals surface area contributed by atoms with Gasteiger partial charge in [0.2, 0.25) is 0 Å². The van der Waals surface area contributed by atoms with Crippen molar-refractivity contribution in [3.63, 3.8) is 0 Å². The number of nitrogens with zero attached hydrogens (tertiary/aromatic N) is 2. The maximum Gasteiger partial charge on any atom is 0.341 e. The highest BCUT2D eigenvalue weighted by Crippen LogP contribution is 2.21. The van der Waals surface area contributed by atoms with Gasteiger partial charge in [0.15, 0.2) is 5.84 Å². The summed E-state index contributed by atoms with van der Waals surface area (Å²) in [4.78, 5) is 17.4. The van der Waals surface area contributed by atoms with Gasteiger partial charge in [0, 0.05) is 24.5 Å². The van der Waals surface area contributed by atoms with Gasteiger partial charge in [-0.25, -0.2) is 13.2 Å². The maximum atomic E-state index is 13.5. The molecule has 3 aromatic carbocycles. The summed E-state index contributed by atoms with van der Waals surface area (Å²) in [5.41, 5.74) is 1.15. The van der Waals surface area contributed by atoms with Crippen molar-refractivity contribution >= 4 is 44.3 Å². The normalized spacial score (nSPS) is 14.8. The SMILES string of the molecule is CC1CCN(C(=O)N(NS(=O)(=O)c2ccc3ccccc3c2)C(=N)c2cccc(CCl)c2)CC1. The van der Waals surface area contributed by atoms with Crippen LogP contribution in [-0.4, -0.2) is 43.3 Å². The third-order valence-electron chi connectivity index (χ3n) is 6.07. The predicted octanol–water partition coefficient (Wildman–Crippen LogP) is 4.95. The fourth-order valence-corrected chi connectivity index (χ4v) is 5.17. The van der Waals surface area contributed by atoms with Crippen molar-refractivity contribution in [3.05, 3.63) is 77.9 Å². The van der Waals surface area contributed by atoms with Gasteiger partial charge in [-0.2, -0.15) is 5.01 Å². The topological polar surface area (TPSA) is 93.6 Å². The van der Waals surface area contributed by atoms with E-state index in [0.717, 1.165) is 34.2 Å². The zero-order valence-corrected chi connectivity index (χ0v) is 20.4.